The molecule has 5 nitrogen and oxygen atoms in total. The van der Waals surface area contributed by atoms with Crippen LogP contribution >= 0.6 is 0 Å². The maximum atomic E-state index is 8.98. The molecule has 1 aliphatic heterocycles. The van der Waals surface area contributed by atoms with Crippen molar-refractivity contribution in [3.05, 3.63) is 17.7 Å². The summed E-state index contributed by atoms with van der Waals surface area (Å²) in [6, 6.07) is 6.15. The first kappa shape index (κ1) is 14.5. The SMILES string of the molecule is COc1cc(CNCC(C)(C)C#N)cc2c1OCCO2. The molecule has 1 aromatic carbocycles. The lowest BCUT2D eigenvalue weighted by Crippen LogP contribution is -2.27. The minimum atomic E-state index is -0.377. The van der Waals surface area contributed by atoms with Gasteiger partial charge in [-0.15, -0.1) is 0 Å². The van der Waals surface area contributed by atoms with E-state index in [-0.39, 0.29) is 5.41 Å². The number of ether oxygens (including phenoxy) is 3. The number of rotatable bonds is 5. The molecule has 2 rings (SSSR count). The standard InChI is InChI=1S/C15H20N2O3/c1-15(2,9-16)10-17-8-11-6-12(18-3)14-13(7-11)19-4-5-20-14/h6-7,17H,4-5,8,10H2,1-3H3. The molecule has 1 aromatic rings. The quantitative estimate of drug-likeness (QED) is 0.892. The molecule has 0 saturated carbocycles. The van der Waals surface area contributed by atoms with E-state index in [1.54, 1.807) is 7.11 Å². The van der Waals surface area contributed by atoms with Crippen LogP contribution < -0.4 is 19.5 Å². The highest BCUT2D eigenvalue weighted by atomic mass is 16.6. The van der Waals surface area contributed by atoms with Gasteiger partial charge in [-0.1, -0.05) is 0 Å². The first-order chi connectivity index (χ1) is 9.55. The Morgan fingerprint density at radius 2 is 2.10 bits per heavy atom. The van der Waals surface area contributed by atoms with Gasteiger partial charge in [0.2, 0.25) is 5.75 Å². The number of benzene rings is 1. The van der Waals surface area contributed by atoms with E-state index >= 15 is 0 Å². The third-order valence-corrected chi connectivity index (χ3v) is 3.09. The molecule has 0 atom stereocenters. The van der Waals surface area contributed by atoms with Crippen LogP contribution in [0.2, 0.25) is 0 Å². The minimum Gasteiger partial charge on any atom is -0.493 e. The Labute approximate surface area is 119 Å². The predicted octanol–water partition coefficient (Wildman–Crippen LogP) is 2.11. The molecule has 1 N–H and O–H groups in total. The average molecular weight is 276 g/mol. The van der Waals surface area contributed by atoms with Crippen LogP contribution in [0.25, 0.3) is 0 Å². The van der Waals surface area contributed by atoms with Crippen LogP contribution in [0, 0.1) is 16.7 Å². The van der Waals surface area contributed by atoms with Crippen LogP contribution in [0.5, 0.6) is 17.2 Å². The molecule has 108 valence electrons. The zero-order chi connectivity index (χ0) is 14.6. The van der Waals surface area contributed by atoms with Crippen molar-refractivity contribution in [2.45, 2.75) is 20.4 Å². The Kier molecular flexibility index (Phi) is 4.35. The molecule has 0 bridgehead atoms. The van der Waals surface area contributed by atoms with E-state index in [1.807, 2.05) is 26.0 Å². The van der Waals surface area contributed by atoms with E-state index in [9.17, 15) is 0 Å². The molecule has 0 radical (unpaired) electrons. The fraction of sp³-hybridized carbons (Fsp3) is 0.533. The van der Waals surface area contributed by atoms with E-state index in [1.165, 1.54) is 0 Å². The molecule has 0 saturated heterocycles. The Morgan fingerprint density at radius 3 is 2.80 bits per heavy atom. The van der Waals surface area contributed by atoms with Gasteiger partial charge in [-0.2, -0.15) is 5.26 Å². The second-order valence-electron chi connectivity index (χ2n) is 5.42. The van der Waals surface area contributed by atoms with Gasteiger partial charge >= 0.3 is 0 Å². The Balaban J connectivity index is 2.07. The maximum Gasteiger partial charge on any atom is 0.203 e. The van der Waals surface area contributed by atoms with Gasteiger partial charge in [-0.3, -0.25) is 0 Å². The number of nitrogens with one attached hydrogen (secondary N) is 1. The van der Waals surface area contributed by atoms with Gasteiger partial charge in [0.15, 0.2) is 11.5 Å². The maximum absolute atomic E-state index is 8.98. The predicted molar refractivity (Wildman–Crippen MR) is 75.1 cm³/mol. The van der Waals surface area contributed by atoms with Crippen molar-refractivity contribution in [3.8, 4) is 23.3 Å². The second-order valence-corrected chi connectivity index (χ2v) is 5.42. The number of methoxy groups -OCH3 is 1. The topological polar surface area (TPSA) is 63.5 Å². The van der Waals surface area contributed by atoms with Crippen LogP contribution in [0.4, 0.5) is 0 Å². The van der Waals surface area contributed by atoms with E-state index < -0.39 is 0 Å². The lowest BCUT2D eigenvalue weighted by Gasteiger charge is -2.22. The van der Waals surface area contributed by atoms with Crippen molar-refractivity contribution < 1.29 is 14.2 Å². The minimum absolute atomic E-state index is 0.377. The van der Waals surface area contributed by atoms with Crippen molar-refractivity contribution in [1.82, 2.24) is 5.32 Å². The summed E-state index contributed by atoms with van der Waals surface area (Å²) < 4.78 is 16.5. The molecule has 0 fully saturated rings. The summed E-state index contributed by atoms with van der Waals surface area (Å²) in [6.07, 6.45) is 0. The van der Waals surface area contributed by atoms with E-state index in [0.717, 1.165) is 5.56 Å². The number of fused-ring (bicyclic) bond motifs is 1. The zero-order valence-corrected chi connectivity index (χ0v) is 12.2. The summed E-state index contributed by atoms with van der Waals surface area (Å²) in [5, 5.41) is 12.3. The van der Waals surface area contributed by atoms with Gasteiger partial charge in [-0.25, -0.2) is 0 Å². The fourth-order valence-electron chi connectivity index (χ4n) is 1.99. The lowest BCUT2D eigenvalue weighted by molar-refractivity contribution is 0.165. The number of nitrogens with zero attached hydrogens (tertiary/aromatic N) is 1. The Bertz CT molecular complexity index is 503. The average Bonchev–Trinajstić information content (AvgIpc) is 2.46. The molecule has 1 heterocycles. The monoisotopic (exact) mass is 276 g/mol. The molecule has 5 heteroatoms. The second kappa shape index (κ2) is 6.02. The van der Waals surface area contributed by atoms with Crippen molar-refractivity contribution in [2.75, 3.05) is 26.9 Å². The molecular weight excluding hydrogens is 256 g/mol. The van der Waals surface area contributed by atoms with Crippen molar-refractivity contribution in [2.24, 2.45) is 5.41 Å². The third-order valence-electron chi connectivity index (χ3n) is 3.09. The normalized spacial score (nSPS) is 13.7. The smallest absolute Gasteiger partial charge is 0.203 e. The van der Waals surface area contributed by atoms with E-state index in [0.29, 0.717) is 43.6 Å². The molecule has 0 aromatic heterocycles. The third kappa shape index (κ3) is 3.34. The van der Waals surface area contributed by atoms with Gasteiger partial charge in [0, 0.05) is 13.1 Å². The summed E-state index contributed by atoms with van der Waals surface area (Å²) in [7, 11) is 1.61. The largest absolute Gasteiger partial charge is 0.493 e. The lowest BCUT2D eigenvalue weighted by atomic mass is 9.96. The molecule has 1 aliphatic rings. The highest BCUT2D eigenvalue weighted by molar-refractivity contribution is 5.54. The first-order valence-corrected chi connectivity index (χ1v) is 6.64. The number of hydrogen-bond acceptors (Lipinski definition) is 5. The van der Waals surface area contributed by atoms with Crippen molar-refractivity contribution >= 4 is 0 Å². The van der Waals surface area contributed by atoms with Crippen LogP contribution in [-0.4, -0.2) is 26.9 Å². The highest BCUT2D eigenvalue weighted by Crippen LogP contribution is 2.40. The Hall–Kier alpha value is -1.93. The number of nitriles is 1. The van der Waals surface area contributed by atoms with Crippen molar-refractivity contribution in [1.29, 1.82) is 5.26 Å². The zero-order valence-electron chi connectivity index (χ0n) is 12.2. The van der Waals surface area contributed by atoms with Crippen LogP contribution in [0.1, 0.15) is 19.4 Å². The highest BCUT2D eigenvalue weighted by Gasteiger charge is 2.19. The van der Waals surface area contributed by atoms with Gasteiger partial charge in [-0.05, 0) is 31.5 Å². The van der Waals surface area contributed by atoms with Gasteiger partial charge < -0.3 is 19.5 Å². The summed E-state index contributed by atoms with van der Waals surface area (Å²) >= 11 is 0. The van der Waals surface area contributed by atoms with E-state index in [2.05, 4.69) is 11.4 Å². The van der Waals surface area contributed by atoms with E-state index in [4.69, 9.17) is 19.5 Å². The van der Waals surface area contributed by atoms with Gasteiger partial charge in [0.1, 0.15) is 13.2 Å². The first-order valence-electron chi connectivity index (χ1n) is 6.64. The van der Waals surface area contributed by atoms with Gasteiger partial charge in [0.25, 0.3) is 0 Å². The van der Waals surface area contributed by atoms with Crippen LogP contribution in [0.3, 0.4) is 0 Å². The fourth-order valence-corrected chi connectivity index (χ4v) is 1.99. The van der Waals surface area contributed by atoms with Gasteiger partial charge in [0.05, 0.1) is 18.6 Å². The molecule has 0 unspecified atom stereocenters. The van der Waals surface area contributed by atoms with Crippen molar-refractivity contribution in [3.63, 3.8) is 0 Å². The molecule has 0 amide bonds. The molecular formula is C15H20N2O3. The number of hydrogen-bond donors (Lipinski definition) is 1. The van der Waals surface area contributed by atoms with Crippen LogP contribution in [-0.2, 0) is 6.54 Å². The summed E-state index contributed by atoms with van der Waals surface area (Å²) in [6.45, 7) is 6.18. The molecule has 20 heavy (non-hydrogen) atoms. The molecule has 0 spiro atoms. The Morgan fingerprint density at radius 1 is 1.35 bits per heavy atom. The summed E-state index contributed by atoms with van der Waals surface area (Å²) in [5.41, 5.74) is 0.664. The summed E-state index contributed by atoms with van der Waals surface area (Å²) in [4.78, 5) is 0. The molecule has 0 aliphatic carbocycles. The summed E-state index contributed by atoms with van der Waals surface area (Å²) in [5.74, 6) is 2.06. The van der Waals surface area contributed by atoms with Crippen LogP contribution in [0.15, 0.2) is 12.1 Å².